The van der Waals surface area contributed by atoms with Gasteiger partial charge in [0.05, 0.1) is 31.9 Å². The number of likely N-dealkylation sites (tertiary alicyclic amines) is 1. The first-order valence-corrected chi connectivity index (χ1v) is 9.44. The quantitative estimate of drug-likeness (QED) is 0.808. The van der Waals surface area contributed by atoms with Crippen LogP contribution in [-0.2, 0) is 20.9 Å². The minimum atomic E-state index is -0.309. The molecule has 0 bridgehead atoms. The first kappa shape index (κ1) is 18.1. The maximum Gasteiger partial charge on any atom is 0.228 e. The maximum absolute atomic E-state index is 13.0. The molecule has 1 aromatic carbocycles. The molecule has 1 aromatic heterocycles. The molecule has 2 amide bonds. The van der Waals surface area contributed by atoms with Gasteiger partial charge >= 0.3 is 0 Å². The van der Waals surface area contributed by atoms with Crippen molar-refractivity contribution in [2.75, 3.05) is 26.2 Å². The van der Waals surface area contributed by atoms with Gasteiger partial charge < -0.3 is 19.0 Å². The Hall–Kier alpha value is -2.31. The minimum Gasteiger partial charge on any atom is -0.467 e. The second-order valence-corrected chi connectivity index (χ2v) is 7.39. The van der Waals surface area contributed by atoms with Crippen LogP contribution in [-0.4, -0.2) is 47.9 Å². The van der Waals surface area contributed by atoms with Crippen molar-refractivity contribution in [1.29, 1.82) is 0 Å². The summed E-state index contributed by atoms with van der Waals surface area (Å²) < 4.78 is 11.1. The molecule has 2 fully saturated rings. The number of benzene rings is 1. The molecule has 0 aliphatic carbocycles. The zero-order valence-corrected chi connectivity index (χ0v) is 15.6. The van der Waals surface area contributed by atoms with Gasteiger partial charge in [-0.15, -0.1) is 0 Å². The average Bonchev–Trinajstić information content (AvgIpc) is 3.32. The molecule has 6 nitrogen and oxygen atoms in total. The zero-order valence-electron chi connectivity index (χ0n) is 14.8. The fourth-order valence-electron chi connectivity index (χ4n) is 3.67. The van der Waals surface area contributed by atoms with Gasteiger partial charge in [-0.25, -0.2) is 0 Å². The van der Waals surface area contributed by atoms with Crippen molar-refractivity contribution in [1.82, 2.24) is 9.80 Å². The number of nitrogens with zero attached hydrogens (tertiary/aromatic N) is 2. The SMILES string of the molecule is O=C1CC(C(=O)N2CCOC(c3ccc(Cl)cc3)C2)CN1Cc1ccco1. The van der Waals surface area contributed by atoms with E-state index in [2.05, 4.69) is 0 Å². The summed E-state index contributed by atoms with van der Waals surface area (Å²) in [4.78, 5) is 28.8. The highest BCUT2D eigenvalue weighted by molar-refractivity contribution is 6.30. The average molecular weight is 389 g/mol. The van der Waals surface area contributed by atoms with Gasteiger partial charge in [0.15, 0.2) is 0 Å². The lowest BCUT2D eigenvalue weighted by atomic mass is 10.0. The largest absolute Gasteiger partial charge is 0.467 e. The standard InChI is InChI=1S/C20H21ClN2O4/c21-16-5-3-14(4-6-16)18-13-22(7-9-27-18)20(25)15-10-19(24)23(11-15)12-17-2-1-8-26-17/h1-6,8,15,18H,7,9-13H2. The molecule has 2 unspecified atom stereocenters. The molecule has 142 valence electrons. The van der Waals surface area contributed by atoms with Crippen LogP contribution in [0.2, 0.25) is 5.02 Å². The van der Waals surface area contributed by atoms with E-state index in [0.717, 1.165) is 11.3 Å². The van der Waals surface area contributed by atoms with Crippen LogP contribution < -0.4 is 0 Å². The molecule has 4 rings (SSSR count). The molecule has 0 saturated carbocycles. The van der Waals surface area contributed by atoms with E-state index in [1.165, 1.54) is 0 Å². The summed E-state index contributed by atoms with van der Waals surface area (Å²) in [6.07, 6.45) is 1.67. The molecule has 27 heavy (non-hydrogen) atoms. The lowest BCUT2D eigenvalue weighted by Gasteiger charge is -2.34. The Morgan fingerprint density at radius 1 is 1.19 bits per heavy atom. The molecule has 7 heteroatoms. The molecule has 2 aliphatic heterocycles. The third-order valence-corrected chi connectivity index (χ3v) is 5.36. The van der Waals surface area contributed by atoms with E-state index in [1.54, 1.807) is 17.2 Å². The fraction of sp³-hybridized carbons (Fsp3) is 0.400. The summed E-state index contributed by atoms with van der Waals surface area (Å²) in [5, 5.41) is 0.670. The van der Waals surface area contributed by atoms with E-state index >= 15 is 0 Å². The van der Waals surface area contributed by atoms with E-state index < -0.39 is 0 Å². The Labute approximate surface area is 162 Å². The number of furan rings is 1. The van der Waals surface area contributed by atoms with Crippen LogP contribution in [0.25, 0.3) is 0 Å². The lowest BCUT2D eigenvalue weighted by molar-refractivity contribution is -0.143. The van der Waals surface area contributed by atoms with Crippen molar-refractivity contribution in [2.24, 2.45) is 5.92 Å². The molecule has 2 atom stereocenters. The Balaban J connectivity index is 1.38. The van der Waals surface area contributed by atoms with Crippen molar-refractivity contribution in [3.8, 4) is 0 Å². The molecule has 0 radical (unpaired) electrons. The Morgan fingerprint density at radius 2 is 2.00 bits per heavy atom. The number of hydrogen-bond donors (Lipinski definition) is 0. The molecule has 0 spiro atoms. The Morgan fingerprint density at radius 3 is 2.74 bits per heavy atom. The van der Waals surface area contributed by atoms with Gasteiger partial charge in [-0.3, -0.25) is 9.59 Å². The van der Waals surface area contributed by atoms with Crippen molar-refractivity contribution >= 4 is 23.4 Å². The fourth-order valence-corrected chi connectivity index (χ4v) is 3.79. The summed E-state index contributed by atoms with van der Waals surface area (Å²) in [6.45, 7) is 2.36. The summed E-state index contributed by atoms with van der Waals surface area (Å²) in [6, 6.07) is 11.1. The van der Waals surface area contributed by atoms with Gasteiger partial charge in [0.25, 0.3) is 0 Å². The van der Waals surface area contributed by atoms with E-state index in [-0.39, 0.29) is 30.3 Å². The molecular formula is C20H21ClN2O4. The lowest BCUT2D eigenvalue weighted by Crippen LogP contribution is -2.45. The van der Waals surface area contributed by atoms with Crippen molar-refractivity contribution in [3.63, 3.8) is 0 Å². The summed E-state index contributed by atoms with van der Waals surface area (Å²) in [5.41, 5.74) is 0.999. The summed E-state index contributed by atoms with van der Waals surface area (Å²) >= 11 is 5.95. The van der Waals surface area contributed by atoms with Crippen LogP contribution in [0.3, 0.4) is 0 Å². The van der Waals surface area contributed by atoms with Gasteiger partial charge in [0, 0.05) is 24.5 Å². The number of rotatable bonds is 4. The molecular weight excluding hydrogens is 368 g/mol. The van der Waals surface area contributed by atoms with E-state index in [0.29, 0.717) is 37.8 Å². The normalized spacial score (nSPS) is 23.1. The minimum absolute atomic E-state index is 0.00717. The van der Waals surface area contributed by atoms with Crippen molar-refractivity contribution in [2.45, 2.75) is 19.1 Å². The number of carbonyl (C=O) groups excluding carboxylic acids is 2. The van der Waals surface area contributed by atoms with Gasteiger partial charge in [-0.1, -0.05) is 23.7 Å². The van der Waals surface area contributed by atoms with Crippen LogP contribution in [0.1, 0.15) is 23.8 Å². The predicted octanol–water partition coefficient (Wildman–Crippen LogP) is 2.88. The number of amides is 2. The van der Waals surface area contributed by atoms with Gasteiger partial charge in [0.1, 0.15) is 11.9 Å². The highest BCUT2D eigenvalue weighted by atomic mass is 35.5. The maximum atomic E-state index is 13.0. The first-order valence-electron chi connectivity index (χ1n) is 9.06. The number of morpholine rings is 1. The molecule has 3 heterocycles. The Bertz CT molecular complexity index is 806. The van der Waals surface area contributed by atoms with E-state index in [4.69, 9.17) is 20.8 Å². The van der Waals surface area contributed by atoms with E-state index in [1.807, 2.05) is 35.2 Å². The molecule has 2 saturated heterocycles. The Kier molecular flexibility index (Phi) is 5.18. The number of carbonyl (C=O) groups is 2. The van der Waals surface area contributed by atoms with Gasteiger partial charge in [-0.05, 0) is 29.8 Å². The second kappa shape index (κ2) is 7.74. The number of ether oxygens (including phenoxy) is 1. The number of halogens is 1. The zero-order chi connectivity index (χ0) is 18.8. The van der Waals surface area contributed by atoms with Crippen LogP contribution in [0.5, 0.6) is 0 Å². The third kappa shape index (κ3) is 4.01. The van der Waals surface area contributed by atoms with E-state index in [9.17, 15) is 9.59 Å². The number of hydrogen-bond acceptors (Lipinski definition) is 4. The summed E-state index contributed by atoms with van der Waals surface area (Å²) in [7, 11) is 0. The molecule has 2 aromatic rings. The monoisotopic (exact) mass is 388 g/mol. The van der Waals surface area contributed by atoms with Gasteiger partial charge in [0.2, 0.25) is 11.8 Å². The molecule has 0 N–H and O–H groups in total. The van der Waals surface area contributed by atoms with Crippen LogP contribution in [0, 0.1) is 5.92 Å². The van der Waals surface area contributed by atoms with Crippen LogP contribution >= 0.6 is 11.6 Å². The van der Waals surface area contributed by atoms with Gasteiger partial charge in [-0.2, -0.15) is 0 Å². The van der Waals surface area contributed by atoms with Crippen molar-refractivity contribution < 1.29 is 18.7 Å². The predicted molar refractivity (Wildman–Crippen MR) is 99.0 cm³/mol. The highest BCUT2D eigenvalue weighted by Crippen LogP contribution is 2.27. The van der Waals surface area contributed by atoms with Crippen LogP contribution in [0.15, 0.2) is 47.1 Å². The van der Waals surface area contributed by atoms with Crippen LogP contribution in [0.4, 0.5) is 0 Å². The summed E-state index contributed by atoms with van der Waals surface area (Å²) in [5.74, 6) is 0.432. The molecule has 2 aliphatic rings. The highest BCUT2D eigenvalue weighted by Gasteiger charge is 2.38. The smallest absolute Gasteiger partial charge is 0.228 e. The topological polar surface area (TPSA) is 63.0 Å². The van der Waals surface area contributed by atoms with Crippen molar-refractivity contribution in [3.05, 3.63) is 59.0 Å². The second-order valence-electron chi connectivity index (χ2n) is 6.95. The third-order valence-electron chi connectivity index (χ3n) is 5.11. The first-order chi connectivity index (χ1) is 13.1.